The van der Waals surface area contributed by atoms with E-state index in [-0.39, 0.29) is 0 Å². The molecular weight excluding hydrogens is 230 g/mol. The quantitative estimate of drug-likeness (QED) is 0.676. The second-order valence-corrected chi connectivity index (χ2v) is 6.92. The fraction of sp³-hybridized carbons (Fsp3) is 1.00. The molecular formula is C14H29NOS. The standard InChI is InChI=1S/C14H29NOS/c1-12(2)4-5-13(3)15-8-11-17-14-6-9-16-10-7-14/h12-15H,4-11H2,1-3H3. The van der Waals surface area contributed by atoms with Crippen LogP contribution < -0.4 is 5.32 Å². The minimum Gasteiger partial charge on any atom is -0.381 e. The molecule has 0 aromatic heterocycles. The normalized spacial score (nSPS) is 19.8. The number of hydrogen-bond donors (Lipinski definition) is 1. The third kappa shape index (κ3) is 8.06. The minimum absolute atomic E-state index is 0.674. The molecule has 0 aliphatic carbocycles. The van der Waals surface area contributed by atoms with Crippen LogP contribution in [0, 0.1) is 5.92 Å². The average Bonchev–Trinajstić information content (AvgIpc) is 2.33. The van der Waals surface area contributed by atoms with Crippen molar-refractivity contribution in [2.45, 2.75) is 57.7 Å². The van der Waals surface area contributed by atoms with Crippen LogP contribution in [0.4, 0.5) is 0 Å². The molecule has 17 heavy (non-hydrogen) atoms. The smallest absolute Gasteiger partial charge is 0.0476 e. The Morgan fingerprint density at radius 1 is 1.18 bits per heavy atom. The van der Waals surface area contributed by atoms with Crippen LogP contribution >= 0.6 is 11.8 Å². The molecule has 0 saturated carbocycles. The fourth-order valence-corrected chi connectivity index (χ4v) is 3.15. The lowest BCUT2D eigenvalue weighted by atomic mass is 10.0. The summed E-state index contributed by atoms with van der Waals surface area (Å²) in [5.41, 5.74) is 0. The van der Waals surface area contributed by atoms with Gasteiger partial charge in [-0.05, 0) is 38.5 Å². The summed E-state index contributed by atoms with van der Waals surface area (Å²) < 4.78 is 5.37. The van der Waals surface area contributed by atoms with Crippen molar-refractivity contribution in [3.8, 4) is 0 Å². The molecule has 1 N–H and O–H groups in total. The van der Waals surface area contributed by atoms with Gasteiger partial charge in [-0.3, -0.25) is 0 Å². The average molecular weight is 259 g/mol. The van der Waals surface area contributed by atoms with Gasteiger partial charge in [-0.15, -0.1) is 0 Å². The van der Waals surface area contributed by atoms with Gasteiger partial charge in [-0.25, -0.2) is 0 Å². The molecule has 3 heteroatoms. The van der Waals surface area contributed by atoms with E-state index in [1.807, 2.05) is 0 Å². The predicted molar refractivity (Wildman–Crippen MR) is 77.8 cm³/mol. The summed E-state index contributed by atoms with van der Waals surface area (Å²) in [4.78, 5) is 0. The van der Waals surface area contributed by atoms with Crippen molar-refractivity contribution in [1.82, 2.24) is 5.32 Å². The van der Waals surface area contributed by atoms with Crippen LogP contribution in [0.5, 0.6) is 0 Å². The number of nitrogens with one attached hydrogen (secondary N) is 1. The predicted octanol–water partition coefficient (Wildman–Crippen LogP) is 3.31. The van der Waals surface area contributed by atoms with Crippen LogP contribution in [0.15, 0.2) is 0 Å². The maximum absolute atomic E-state index is 5.37. The summed E-state index contributed by atoms with van der Waals surface area (Å²) in [5, 5.41) is 4.47. The summed E-state index contributed by atoms with van der Waals surface area (Å²) in [7, 11) is 0. The van der Waals surface area contributed by atoms with Gasteiger partial charge in [0.15, 0.2) is 0 Å². The Morgan fingerprint density at radius 3 is 2.53 bits per heavy atom. The zero-order valence-corrected chi connectivity index (χ0v) is 12.5. The van der Waals surface area contributed by atoms with Gasteiger partial charge in [0, 0.05) is 36.8 Å². The van der Waals surface area contributed by atoms with Gasteiger partial charge in [0.2, 0.25) is 0 Å². The van der Waals surface area contributed by atoms with Gasteiger partial charge in [0.05, 0.1) is 0 Å². The third-order valence-corrected chi connectivity index (χ3v) is 4.68. The lowest BCUT2D eigenvalue weighted by Gasteiger charge is -2.22. The first kappa shape index (κ1) is 15.3. The van der Waals surface area contributed by atoms with Crippen molar-refractivity contribution in [2.75, 3.05) is 25.5 Å². The van der Waals surface area contributed by atoms with Crippen molar-refractivity contribution in [3.05, 3.63) is 0 Å². The fourth-order valence-electron chi connectivity index (χ4n) is 2.06. The molecule has 0 spiro atoms. The first-order chi connectivity index (χ1) is 8.18. The Bertz CT molecular complexity index is 181. The SMILES string of the molecule is CC(C)CCC(C)NCCSC1CCOCC1. The van der Waals surface area contributed by atoms with Crippen molar-refractivity contribution in [1.29, 1.82) is 0 Å². The van der Waals surface area contributed by atoms with Crippen LogP contribution in [-0.2, 0) is 4.74 Å². The molecule has 1 aliphatic heterocycles. The Hall–Kier alpha value is 0.270. The zero-order chi connectivity index (χ0) is 12.5. The summed E-state index contributed by atoms with van der Waals surface area (Å²) in [6, 6.07) is 0.674. The van der Waals surface area contributed by atoms with Gasteiger partial charge in [0.25, 0.3) is 0 Å². The van der Waals surface area contributed by atoms with E-state index in [4.69, 9.17) is 4.74 Å². The lowest BCUT2D eigenvalue weighted by molar-refractivity contribution is 0.100. The van der Waals surface area contributed by atoms with Crippen molar-refractivity contribution >= 4 is 11.8 Å². The highest BCUT2D eigenvalue weighted by Gasteiger charge is 2.13. The van der Waals surface area contributed by atoms with Gasteiger partial charge in [-0.1, -0.05) is 13.8 Å². The third-order valence-electron chi connectivity index (χ3n) is 3.29. The Kier molecular flexibility index (Phi) is 8.33. The summed E-state index contributed by atoms with van der Waals surface area (Å²) in [5.74, 6) is 2.08. The molecule has 1 aliphatic rings. The Labute approximate surface area is 111 Å². The molecule has 1 atom stereocenters. The first-order valence-electron chi connectivity index (χ1n) is 7.11. The highest BCUT2D eigenvalue weighted by Crippen LogP contribution is 2.21. The molecule has 0 amide bonds. The van der Waals surface area contributed by atoms with E-state index in [1.54, 1.807) is 0 Å². The van der Waals surface area contributed by atoms with E-state index in [0.717, 1.165) is 30.9 Å². The summed E-state index contributed by atoms with van der Waals surface area (Å²) in [6.07, 6.45) is 5.13. The molecule has 1 unspecified atom stereocenters. The second kappa shape index (κ2) is 9.23. The van der Waals surface area contributed by atoms with Crippen molar-refractivity contribution in [3.63, 3.8) is 0 Å². The Balaban J connectivity index is 1.92. The zero-order valence-electron chi connectivity index (χ0n) is 11.7. The maximum Gasteiger partial charge on any atom is 0.0476 e. The number of rotatable bonds is 8. The largest absolute Gasteiger partial charge is 0.381 e. The van der Waals surface area contributed by atoms with Crippen LogP contribution in [0.2, 0.25) is 0 Å². The summed E-state index contributed by atoms with van der Waals surface area (Å²) >= 11 is 2.12. The number of thioether (sulfide) groups is 1. The monoisotopic (exact) mass is 259 g/mol. The topological polar surface area (TPSA) is 21.3 Å². The van der Waals surface area contributed by atoms with E-state index in [9.17, 15) is 0 Å². The maximum atomic E-state index is 5.37. The van der Waals surface area contributed by atoms with Crippen LogP contribution in [-0.4, -0.2) is 36.8 Å². The van der Waals surface area contributed by atoms with Crippen molar-refractivity contribution < 1.29 is 4.74 Å². The van der Waals surface area contributed by atoms with E-state index in [2.05, 4.69) is 37.8 Å². The molecule has 1 fully saturated rings. The van der Waals surface area contributed by atoms with Gasteiger partial charge in [-0.2, -0.15) is 11.8 Å². The lowest BCUT2D eigenvalue weighted by Crippen LogP contribution is -2.29. The molecule has 1 saturated heterocycles. The number of hydrogen-bond acceptors (Lipinski definition) is 3. The molecule has 1 heterocycles. The molecule has 1 rings (SSSR count). The van der Waals surface area contributed by atoms with Gasteiger partial charge < -0.3 is 10.1 Å². The molecule has 0 radical (unpaired) electrons. The molecule has 0 aromatic rings. The molecule has 0 aromatic carbocycles. The second-order valence-electron chi connectivity index (χ2n) is 5.51. The minimum atomic E-state index is 0.674. The van der Waals surface area contributed by atoms with Crippen LogP contribution in [0.25, 0.3) is 0 Å². The van der Waals surface area contributed by atoms with E-state index in [0.29, 0.717) is 6.04 Å². The van der Waals surface area contributed by atoms with E-state index in [1.165, 1.54) is 31.4 Å². The van der Waals surface area contributed by atoms with Gasteiger partial charge >= 0.3 is 0 Å². The van der Waals surface area contributed by atoms with Gasteiger partial charge in [0.1, 0.15) is 0 Å². The first-order valence-corrected chi connectivity index (χ1v) is 8.16. The van der Waals surface area contributed by atoms with Crippen molar-refractivity contribution in [2.24, 2.45) is 5.92 Å². The highest BCUT2D eigenvalue weighted by molar-refractivity contribution is 7.99. The molecule has 102 valence electrons. The van der Waals surface area contributed by atoms with E-state index < -0.39 is 0 Å². The molecule has 0 bridgehead atoms. The summed E-state index contributed by atoms with van der Waals surface area (Å²) in [6.45, 7) is 10.00. The highest BCUT2D eigenvalue weighted by atomic mass is 32.2. The van der Waals surface area contributed by atoms with Crippen LogP contribution in [0.3, 0.4) is 0 Å². The van der Waals surface area contributed by atoms with E-state index >= 15 is 0 Å². The molecule has 2 nitrogen and oxygen atoms in total. The Morgan fingerprint density at radius 2 is 1.88 bits per heavy atom. The van der Waals surface area contributed by atoms with Crippen LogP contribution in [0.1, 0.15) is 46.5 Å². The number of ether oxygens (including phenoxy) is 1.